The van der Waals surface area contributed by atoms with Crippen LogP contribution in [0.15, 0.2) is 66.9 Å². The summed E-state index contributed by atoms with van der Waals surface area (Å²) in [4.78, 5) is 29.0. The normalized spacial score (nSPS) is 9.93. The van der Waals surface area contributed by atoms with Gasteiger partial charge in [0.2, 0.25) is 0 Å². The lowest BCUT2D eigenvalue weighted by Gasteiger charge is -2.08. The van der Waals surface area contributed by atoms with E-state index >= 15 is 0 Å². The van der Waals surface area contributed by atoms with Gasteiger partial charge >= 0.3 is 0 Å². The molecule has 7 heteroatoms. The molecule has 1 heterocycles. The number of rotatable bonds is 6. The summed E-state index contributed by atoms with van der Waals surface area (Å²) in [5.74, 6) is -0.129. The Morgan fingerprint density at radius 3 is 2.48 bits per heavy atom. The van der Waals surface area contributed by atoms with Crippen LogP contribution in [0.3, 0.4) is 0 Å². The molecule has 29 heavy (non-hydrogen) atoms. The fourth-order valence-electron chi connectivity index (χ4n) is 2.56. The fourth-order valence-corrected chi connectivity index (χ4v) is 2.56. The summed E-state index contributed by atoms with van der Waals surface area (Å²) < 4.78 is 5.37. The van der Waals surface area contributed by atoms with Crippen molar-refractivity contribution in [1.29, 1.82) is 5.26 Å². The predicted octanol–water partition coefficient (Wildman–Crippen LogP) is 3.86. The quantitative estimate of drug-likeness (QED) is 0.669. The molecule has 1 aromatic heterocycles. The number of amides is 2. The third-order valence-corrected chi connectivity index (χ3v) is 3.93. The van der Waals surface area contributed by atoms with Crippen LogP contribution in [-0.4, -0.2) is 23.4 Å². The van der Waals surface area contributed by atoms with Gasteiger partial charge in [-0.15, -0.1) is 0 Å². The van der Waals surface area contributed by atoms with E-state index in [4.69, 9.17) is 10.00 Å². The van der Waals surface area contributed by atoms with Gasteiger partial charge in [0.15, 0.2) is 0 Å². The molecule has 0 unspecified atom stereocenters. The Morgan fingerprint density at radius 2 is 1.76 bits per heavy atom. The Balaban J connectivity index is 1.70. The molecule has 3 rings (SSSR count). The van der Waals surface area contributed by atoms with Crippen LogP contribution >= 0.6 is 0 Å². The topological polar surface area (TPSA) is 104 Å². The number of carbonyl (C=O) groups excluding carboxylic acids is 2. The first-order valence-corrected chi connectivity index (χ1v) is 8.91. The van der Waals surface area contributed by atoms with Crippen molar-refractivity contribution in [3.05, 3.63) is 83.7 Å². The van der Waals surface area contributed by atoms with E-state index in [-0.39, 0.29) is 11.3 Å². The monoisotopic (exact) mass is 386 g/mol. The number of carbonyl (C=O) groups is 2. The number of nitriles is 1. The Morgan fingerprint density at radius 1 is 1.00 bits per heavy atom. The maximum Gasteiger partial charge on any atom is 0.274 e. The molecule has 2 amide bonds. The minimum Gasteiger partial charge on any atom is -0.494 e. The highest BCUT2D eigenvalue weighted by atomic mass is 16.5. The van der Waals surface area contributed by atoms with Crippen molar-refractivity contribution >= 4 is 23.2 Å². The summed E-state index contributed by atoms with van der Waals surface area (Å²) in [6, 6.07) is 18.5. The highest BCUT2D eigenvalue weighted by Gasteiger charge is 2.13. The van der Waals surface area contributed by atoms with Crippen LogP contribution in [0, 0.1) is 11.3 Å². The number of anilines is 2. The van der Waals surface area contributed by atoms with Crippen molar-refractivity contribution in [3.8, 4) is 11.8 Å². The van der Waals surface area contributed by atoms with Crippen LogP contribution in [0.2, 0.25) is 0 Å². The molecule has 3 aromatic rings. The smallest absolute Gasteiger partial charge is 0.274 e. The second kappa shape index (κ2) is 9.15. The lowest BCUT2D eigenvalue weighted by Crippen LogP contribution is -2.17. The first kappa shape index (κ1) is 19.6. The van der Waals surface area contributed by atoms with Crippen molar-refractivity contribution in [2.75, 3.05) is 17.2 Å². The van der Waals surface area contributed by atoms with Crippen LogP contribution in [0.25, 0.3) is 0 Å². The molecule has 0 atom stereocenters. The molecule has 0 aliphatic heterocycles. The predicted molar refractivity (Wildman–Crippen MR) is 109 cm³/mol. The summed E-state index contributed by atoms with van der Waals surface area (Å²) in [5, 5.41) is 14.4. The van der Waals surface area contributed by atoms with Gasteiger partial charge in [-0.05, 0) is 61.5 Å². The van der Waals surface area contributed by atoms with Gasteiger partial charge in [-0.2, -0.15) is 5.26 Å². The summed E-state index contributed by atoms with van der Waals surface area (Å²) in [5.41, 5.74) is 1.90. The zero-order chi connectivity index (χ0) is 20.6. The summed E-state index contributed by atoms with van der Waals surface area (Å²) in [6.07, 6.45) is 1.40. The molecule has 0 fully saturated rings. The molecule has 0 aliphatic carbocycles. The minimum absolute atomic E-state index is 0.109. The van der Waals surface area contributed by atoms with E-state index in [1.165, 1.54) is 18.3 Å². The second-order valence-corrected chi connectivity index (χ2v) is 5.99. The van der Waals surface area contributed by atoms with E-state index in [1.807, 2.05) is 13.0 Å². The van der Waals surface area contributed by atoms with Crippen LogP contribution in [0.5, 0.6) is 5.75 Å². The molecule has 0 saturated heterocycles. The number of benzene rings is 2. The molecule has 2 N–H and O–H groups in total. The maximum absolute atomic E-state index is 12.5. The number of hydrogen-bond acceptors (Lipinski definition) is 5. The fraction of sp³-hybridized carbons (Fsp3) is 0.0909. The number of nitrogens with one attached hydrogen (secondary N) is 2. The molecule has 0 spiro atoms. The van der Waals surface area contributed by atoms with Gasteiger partial charge in [0.1, 0.15) is 11.4 Å². The first-order chi connectivity index (χ1) is 14.1. The van der Waals surface area contributed by atoms with Crippen molar-refractivity contribution in [1.82, 2.24) is 4.98 Å². The van der Waals surface area contributed by atoms with E-state index in [9.17, 15) is 9.59 Å². The minimum atomic E-state index is -0.435. The number of ether oxygens (including phenoxy) is 1. The van der Waals surface area contributed by atoms with E-state index < -0.39 is 11.8 Å². The van der Waals surface area contributed by atoms with E-state index in [0.29, 0.717) is 29.3 Å². The third-order valence-electron chi connectivity index (χ3n) is 3.93. The standard InChI is InChI=1S/C22H18N4O3/c1-2-29-19-8-6-17(7-9-19)25-22(28)20-13-16(10-11-24-20)21(27)26-18-5-3-4-15(12-18)14-23/h3-13H,2H2,1H3,(H,25,28)(H,26,27). The molecular formula is C22H18N4O3. The van der Waals surface area contributed by atoms with Gasteiger partial charge in [0, 0.05) is 23.1 Å². The van der Waals surface area contributed by atoms with Gasteiger partial charge < -0.3 is 15.4 Å². The molecule has 0 aliphatic rings. The number of pyridine rings is 1. The Bertz CT molecular complexity index is 1070. The Kier molecular flexibility index (Phi) is 6.18. The number of nitrogens with zero attached hydrogens (tertiary/aromatic N) is 2. The van der Waals surface area contributed by atoms with Gasteiger partial charge in [-0.1, -0.05) is 6.07 Å². The molecular weight excluding hydrogens is 368 g/mol. The Labute approximate surface area is 168 Å². The van der Waals surface area contributed by atoms with Crippen molar-refractivity contribution < 1.29 is 14.3 Å². The number of aromatic nitrogens is 1. The van der Waals surface area contributed by atoms with Gasteiger partial charge in [0.05, 0.1) is 18.2 Å². The summed E-state index contributed by atoms with van der Waals surface area (Å²) in [7, 11) is 0. The van der Waals surface area contributed by atoms with Crippen molar-refractivity contribution in [2.24, 2.45) is 0 Å². The first-order valence-electron chi connectivity index (χ1n) is 8.91. The van der Waals surface area contributed by atoms with Gasteiger partial charge in [-0.3, -0.25) is 14.6 Å². The zero-order valence-electron chi connectivity index (χ0n) is 15.7. The van der Waals surface area contributed by atoms with Gasteiger partial charge in [0.25, 0.3) is 11.8 Å². The number of hydrogen-bond donors (Lipinski definition) is 2. The van der Waals surface area contributed by atoms with Crippen LogP contribution < -0.4 is 15.4 Å². The lowest BCUT2D eigenvalue weighted by molar-refractivity contribution is 0.102. The second-order valence-electron chi connectivity index (χ2n) is 5.99. The van der Waals surface area contributed by atoms with Crippen LogP contribution in [0.4, 0.5) is 11.4 Å². The molecule has 7 nitrogen and oxygen atoms in total. The highest BCUT2D eigenvalue weighted by Crippen LogP contribution is 2.17. The SMILES string of the molecule is CCOc1ccc(NC(=O)c2cc(C(=O)Nc3cccc(C#N)c3)ccn2)cc1. The van der Waals surface area contributed by atoms with E-state index in [0.717, 1.165) is 0 Å². The van der Waals surface area contributed by atoms with Crippen LogP contribution in [0.1, 0.15) is 33.3 Å². The highest BCUT2D eigenvalue weighted by molar-refractivity contribution is 6.07. The van der Waals surface area contributed by atoms with Crippen LogP contribution in [-0.2, 0) is 0 Å². The summed E-state index contributed by atoms with van der Waals surface area (Å²) >= 11 is 0. The lowest BCUT2D eigenvalue weighted by atomic mass is 10.2. The van der Waals surface area contributed by atoms with Crippen molar-refractivity contribution in [2.45, 2.75) is 6.92 Å². The Hall–Kier alpha value is -4.18. The van der Waals surface area contributed by atoms with E-state index in [2.05, 4.69) is 15.6 Å². The third kappa shape index (κ3) is 5.17. The van der Waals surface area contributed by atoms with Crippen molar-refractivity contribution in [3.63, 3.8) is 0 Å². The average Bonchev–Trinajstić information content (AvgIpc) is 2.75. The molecule has 0 radical (unpaired) electrons. The van der Waals surface area contributed by atoms with E-state index in [1.54, 1.807) is 48.5 Å². The molecule has 0 bridgehead atoms. The molecule has 2 aromatic carbocycles. The molecule has 144 valence electrons. The van der Waals surface area contributed by atoms with Gasteiger partial charge in [-0.25, -0.2) is 0 Å². The summed E-state index contributed by atoms with van der Waals surface area (Å²) in [6.45, 7) is 2.45. The maximum atomic E-state index is 12.5. The average molecular weight is 386 g/mol. The molecule has 0 saturated carbocycles. The largest absolute Gasteiger partial charge is 0.494 e. The zero-order valence-corrected chi connectivity index (χ0v) is 15.7.